The number of nitrogens with two attached hydrogens (primary N) is 1. The van der Waals surface area contributed by atoms with Crippen LogP contribution in [0.4, 0.5) is 5.69 Å². The van der Waals surface area contributed by atoms with Gasteiger partial charge in [-0.05, 0) is 31.2 Å². The van der Waals surface area contributed by atoms with Gasteiger partial charge in [0.05, 0.1) is 18.3 Å². The maximum atomic E-state index is 5.46. The lowest BCUT2D eigenvalue weighted by molar-refractivity contribution is 0.415. The van der Waals surface area contributed by atoms with Crippen LogP contribution in [0.25, 0.3) is 10.9 Å². The summed E-state index contributed by atoms with van der Waals surface area (Å²) in [6.07, 6.45) is 0. The molecule has 0 atom stereocenters. The Labute approximate surface area is 112 Å². The fraction of sp³-hybridized carbons (Fsp3) is 0.182. The van der Waals surface area contributed by atoms with Gasteiger partial charge in [0.15, 0.2) is 0 Å². The molecule has 94 valence electrons. The van der Waals surface area contributed by atoms with Crippen LogP contribution in [-0.2, 0) is 0 Å². The van der Waals surface area contributed by atoms with Crippen molar-refractivity contribution in [3.8, 4) is 5.75 Å². The number of nitrogen functional groups attached to an aromatic ring is 1. The molecule has 6 heteroatoms. The molecular weight excluding hydrogens is 261 g/mol. The first-order valence-corrected chi connectivity index (χ1v) is 4.66. The van der Waals surface area contributed by atoms with Gasteiger partial charge in [-0.1, -0.05) is 0 Å². The molecule has 0 bridgehead atoms. The van der Waals surface area contributed by atoms with E-state index >= 15 is 0 Å². The van der Waals surface area contributed by atoms with Gasteiger partial charge < -0.3 is 10.2 Å². The first-order chi connectivity index (χ1) is 7.24. The molecule has 1 aromatic carbocycles. The Morgan fingerprint density at radius 3 is 2.53 bits per heavy atom. The fourth-order valence-electron chi connectivity index (χ4n) is 1.58. The minimum absolute atomic E-state index is 0. The van der Waals surface area contributed by atoms with Crippen LogP contribution >= 0.6 is 24.8 Å². The predicted octanol–water partition coefficient (Wildman–Crippen LogP) is 2.68. The second-order valence-corrected chi connectivity index (χ2v) is 3.34. The van der Waals surface area contributed by atoms with Gasteiger partial charge in [0.1, 0.15) is 5.75 Å². The number of hydrogen-bond donors (Lipinski definition) is 2. The second-order valence-electron chi connectivity index (χ2n) is 3.34. The molecule has 3 N–H and O–H groups in total. The number of hydrogen-bond acceptors (Lipinski definition) is 4. The van der Waals surface area contributed by atoms with E-state index in [1.54, 1.807) is 7.11 Å². The van der Waals surface area contributed by atoms with Gasteiger partial charge in [0, 0.05) is 11.1 Å². The predicted molar refractivity (Wildman–Crippen MR) is 75.3 cm³/mol. The molecule has 0 aliphatic rings. The molecule has 0 amide bonds. The molecule has 0 saturated carbocycles. The number of benzene rings is 1. The number of pyridine rings is 1. The van der Waals surface area contributed by atoms with E-state index < -0.39 is 0 Å². The first kappa shape index (κ1) is 15.8. The van der Waals surface area contributed by atoms with E-state index in [2.05, 4.69) is 10.4 Å². The zero-order chi connectivity index (χ0) is 10.8. The van der Waals surface area contributed by atoms with E-state index in [9.17, 15) is 0 Å². The Balaban J connectivity index is 0.00000128. The van der Waals surface area contributed by atoms with E-state index in [4.69, 9.17) is 10.6 Å². The number of aryl methyl sites for hydroxylation is 1. The molecule has 17 heavy (non-hydrogen) atoms. The average Bonchev–Trinajstić information content (AvgIpc) is 2.27. The highest BCUT2D eigenvalue weighted by atomic mass is 35.5. The standard InChI is InChI=1S/C11H13N3O.2ClH/c1-7-5-11(14-12)9-6-8(15-2)3-4-10(9)13-7;;/h3-6H,12H2,1-2H3,(H,13,14);2*1H. The van der Waals surface area contributed by atoms with Gasteiger partial charge in [-0.25, -0.2) is 0 Å². The highest BCUT2D eigenvalue weighted by molar-refractivity contribution is 5.92. The largest absolute Gasteiger partial charge is 0.497 e. The van der Waals surface area contributed by atoms with Crippen LogP contribution in [0.15, 0.2) is 24.3 Å². The highest BCUT2D eigenvalue weighted by Gasteiger charge is 2.04. The lowest BCUT2D eigenvalue weighted by Crippen LogP contribution is -2.07. The molecule has 0 aliphatic heterocycles. The van der Waals surface area contributed by atoms with Crippen LogP contribution in [-0.4, -0.2) is 12.1 Å². The minimum atomic E-state index is 0. The number of ether oxygens (including phenoxy) is 1. The number of halogens is 2. The van der Waals surface area contributed by atoms with Gasteiger partial charge in [-0.2, -0.15) is 0 Å². The van der Waals surface area contributed by atoms with Crippen molar-refractivity contribution in [1.82, 2.24) is 4.98 Å². The Bertz CT molecular complexity index is 505. The van der Waals surface area contributed by atoms with Gasteiger partial charge in [0.2, 0.25) is 0 Å². The van der Waals surface area contributed by atoms with Crippen LogP contribution in [0.1, 0.15) is 5.69 Å². The summed E-state index contributed by atoms with van der Waals surface area (Å²) in [4.78, 5) is 4.41. The number of methoxy groups -OCH3 is 1. The Hall–Kier alpha value is -1.23. The maximum Gasteiger partial charge on any atom is 0.119 e. The lowest BCUT2D eigenvalue weighted by Gasteiger charge is -2.08. The van der Waals surface area contributed by atoms with E-state index in [1.807, 2.05) is 31.2 Å². The van der Waals surface area contributed by atoms with Crippen molar-refractivity contribution in [3.05, 3.63) is 30.0 Å². The number of fused-ring (bicyclic) bond motifs is 1. The van der Waals surface area contributed by atoms with Crippen LogP contribution in [0, 0.1) is 6.92 Å². The third-order valence-corrected chi connectivity index (χ3v) is 2.30. The van der Waals surface area contributed by atoms with Gasteiger partial charge in [-0.15, -0.1) is 24.8 Å². The van der Waals surface area contributed by atoms with E-state index in [0.29, 0.717) is 0 Å². The highest BCUT2D eigenvalue weighted by Crippen LogP contribution is 2.26. The van der Waals surface area contributed by atoms with Crippen LogP contribution in [0.3, 0.4) is 0 Å². The third-order valence-electron chi connectivity index (χ3n) is 2.30. The quantitative estimate of drug-likeness (QED) is 0.654. The van der Waals surface area contributed by atoms with Crippen LogP contribution in [0.5, 0.6) is 5.75 Å². The van der Waals surface area contributed by atoms with Crippen molar-refractivity contribution in [2.24, 2.45) is 5.84 Å². The molecule has 1 heterocycles. The van der Waals surface area contributed by atoms with Crippen LogP contribution < -0.4 is 16.0 Å². The molecule has 2 aromatic rings. The summed E-state index contributed by atoms with van der Waals surface area (Å²) in [5.74, 6) is 6.25. The molecule has 0 fully saturated rings. The van der Waals surface area contributed by atoms with Crippen molar-refractivity contribution in [2.75, 3.05) is 12.5 Å². The number of nitrogens with zero attached hydrogens (tertiary/aromatic N) is 1. The Morgan fingerprint density at radius 2 is 1.94 bits per heavy atom. The van der Waals surface area contributed by atoms with Gasteiger partial charge in [-0.3, -0.25) is 10.8 Å². The van der Waals surface area contributed by atoms with E-state index in [0.717, 1.165) is 28.0 Å². The number of anilines is 1. The summed E-state index contributed by atoms with van der Waals surface area (Å²) < 4.78 is 5.16. The molecule has 0 unspecified atom stereocenters. The Morgan fingerprint density at radius 1 is 1.24 bits per heavy atom. The zero-order valence-corrected chi connectivity index (χ0v) is 11.2. The van der Waals surface area contributed by atoms with Gasteiger partial charge >= 0.3 is 0 Å². The molecule has 0 saturated heterocycles. The van der Waals surface area contributed by atoms with Crippen molar-refractivity contribution in [2.45, 2.75) is 6.92 Å². The lowest BCUT2D eigenvalue weighted by atomic mass is 10.1. The topological polar surface area (TPSA) is 60.2 Å². The summed E-state index contributed by atoms with van der Waals surface area (Å²) in [6, 6.07) is 7.62. The average molecular weight is 276 g/mol. The summed E-state index contributed by atoms with van der Waals surface area (Å²) in [5.41, 5.74) is 5.36. The number of rotatable bonds is 2. The molecule has 0 aliphatic carbocycles. The molecule has 2 rings (SSSR count). The fourth-order valence-corrected chi connectivity index (χ4v) is 1.58. The monoisotopic (exact) mass is 275 g/mol. The zero-order valence-electron chi connectivity index (χ0n) is 9.56. The van der Waals surface area contributed by atoms with E-state index in [-0.39, 0.29) is 24.8 Å². The van der Waals surface area contributed by atoms with Crippen molar-refractivity contribution < 1.29 is 4.74 Å². The molecular formula is C11H15Cl2N3O. The molecule has 1 aromatic heterocycles. The third kappa shape index (κ3) is 3.12. The number of hydrazine groups is 1. The Kier molecular flexibility index (Phi) is 6.02. The van der Waals surface area contributed by atoms with Crippen molar-refractivity contribution >= 4 is 41.4 Å². The first-order valence-electron chi connectivity index (χ1n) is 4.66. The minimum Gasteiger partial charge on any atom is -0.497 e. The van der Waals surface area contributed by atoms with Crippen LogP contribution in [0.2, 0.25) is 0 Å². The van der Waals surface area contributed by atoms with Crippen molar-refractivity contribution in [3.63, 3.8) is 0 Å². The van der Waals surface area contributed by atoms with Crippen molar-refractivity contribution in [1.29, 1.82) is 0 Å². The number of aromatic nitrogens is 1. The summed E-state index contributed by atoms with van der Waals surface area (Å²) in [5, 5.41) is 0.961. The van der Waals surface area contributed by atoms with Gasteiger partial charge in [0.25, 0.3) is 0 Å². The summed E-state index contributed by atoms with van der Waals surface area (Å²) in [7, 11) is 1.64. The summed E-state index contributed by atoms with van der Waals surface area (Å²) >= 11 is 0. The molecule has 0 radical (unpaired) electrons. The number of nitrogens with one attached hydrogen (secondary N) is 1. The smallest absolute Gasteiger partial charge is 0.119 e. The second kappa shape index (κ2) is 6.49. The maximum absolute atomic E-state index is 5.46. The summed E-state index contributed by atoms with van der Waals surface area (Å²) in [6.45, 7) is 1.94. The molecule has 0 spiro atoms. The van der Waals surface area contributed by atoms with E-state index in [1.165, 1.54) is 0 Å². The normalized spacial score (nSPS) is 9.12. The molecule has 4 nitrogen and oxygen atoms in total. The SMILES string of the molecule is COc1ccc2nc(C)cc(NN)c2c1.Cl.Cl.